The topological polar surface area (TPSA) is 12.9 Å². The molecule has 0 radical (unpaired) electrons. The summed E-state index contributed by atoms with van der Waals surface area (Å²) < 4.78 is 0. The van der Waals surface area contributed by atoms with Gasteiger partial charge in [0.1, 0.15) is 0 Å². The highest BCUT2D eigenvalue weighted by Crippen LogP contribution is 2.37. The van der Waals surface area contributed by atoms with Gasteiger partial charge in [0.25, 0.3) is 0 Å². The number of pyridine rings is 1. The Morgan fingerprint density at radius 3 is 2.00 bits per heavy atom. The maximum atomic E-state index is 6.07. The molecule has 0 bridgehead atoms. The average Bonchev–Trinajstić information content (AvgIpc) is 2.24. The van der Waals surface area contributed by atoms with E-state index in [9.17, 15) is 0 Å². The summed E-state index contributed by atoms with van der Waals surface area (Å²) in [5, 5.41) is 2.05. The average molecular weight is 327 g/mol. The maximum absolute atomic E-state index is 6.07. The second-order valence-corrected chi connectivity index (χ2v) is 5.30. The van der Waals surface area contributed by atoms with E-state index in [1.165, 1.54) is 6.20 Å². The van der Waals surface area contributed by atoms with Crippen molar-refractivity contribution >= 4 is 58.0 Å². The lowest BCUT2D eigenvalue weighted by molar-refractivity contribution is 1.33. The van der Waals surface area contributed by atoms with E-state index >= 15 is 0 Å². The third-order valence-electron chi connectivity index (χ3n) is 2.07. The Morgan fingerprint density at radius 2 is 1.35 bits per heavy atom. The van der Waals surface area contributed by atoms with Gasteiger partial charge in [-0.1, -0.05) is 58.0 Å². The molecule has 17 heavy (non-hydrogen) atoms. The fourth-order valence-electron chi connectivity index (χ4n) is 1.32. The zero-order valence-corrected chi connectivity index (χ0v) is 11.9. The largest absolute Gasteiger partial charge is 0.253 e. The lowest BCUT2D eigenvalue weighted by Gasteiger charge is -2.07. The Bertz CT molecular complexity index is 582. The predicted octanol–water partition coefficient (Wildman–Crippen LogP) is 6.02. The molecule has 88 valence electrons. The molecule has 1 nitrogen and oxygen atoms in total. The first-order valence-corrected chi connectivity index (χ1v) is 6.34. The molecule has 0 aliphatic carbocycles. The lowest BCUT2D eigenvalue weighted by atomic mass is 10.1. The van der Waals surface area contributed by atoms with E-state index in [0.29, 0.717) is 36.4 Å². The fraction of sp³-hybridized carbons (Fsp3) is 0. The molecule has 0 fully saturated rings. The number of rotatable bonds is 1. The van der Waals surface area contributed by atoms with E-state index in [-0.39, 0.29) is 0 Å². The van der Waals surface area contributed by atoms with Crippen LogP contribution in [0.1, 0.15) is 0 Å². The van der Waals surface area contributed by atoms with Crippen LogP contribution in [0.3, 0.4) is 0 Å². The van der Waals surface area contributed by atoms with Crippen molar-refractivity contribution in [1.29, 1.82) is 0 Å². The molecule has 0 unspecified atom stereocenters. The summed E-state index contributed by atoms with van der Waals surface area (Å²) in [6.45, 7) is 0. The van der Waals surface area contributed by atoms with Crippen LogP contribution in [0.15, 0.2) is 24.4 Å². The van der Waals surface area contributed by atoms with Gasteiger partial charge in [0.05, 0.1) is 30.8 Å². The maximum Gasteiger partial charge on any atom is 0.0904 e. The van der Waals surface area contributed by atoms with Crippen molar-refractivity contribution in [1.82, 2.24) is 4.98 Å². The van der Waals surface area contributed by atoms with E-state index in [2.05, 4.69) is 4.98 Å². The van der Waals surface area contributed by atoms with Gasteiger partial charge in [-0.05, 0) is 18.2 Å². The Morgan fingerprint density at radius 1 is 0.706 bits per heavy atom. The molecule has 0 spiro atoms. The van der Waals surface area contributed by atoms with Crippen molar-refractivity contribution in [2.75, 3.05) is 0 Å². The number of aromatic nitrogens is 1. The van der Waals surface area contributed by atoms with Crippen LogP contribution in [0, 0.1) is 0 Å². The number of benzene rings is 1. The summed E-state index contributed by atoms with van der Waals surface area (Å²) in [5.74, 6) is 0. The third-order valence-corrected chi connectivity index (χ3v) is 3.60. The zero-order valence-electron chi connectivity index (χ0n) is 8.15. The SMILES string of the molecule is Clc1cnc(-c2cc(Cl)c(Cl)cc2Cl)c(Cl)c1. The van der Waals surface area contributed by atoms with Crippen LogP contribution in [0.2, 0.25) is 25.1 Å². The fourth-order valence-corrected chi connectivity index (χ4v) is 2.44. The van der Waals surface area contributed by atoms with E-state index < -0.39 is 0 Å². The van der Waals surface area contributed by atoms with Gasteiger partial charge in [0.15, 0.2) is 0 Å². The van der Waals surface area contributed by atoms with E-state index in [0.717, 1.165) is 0 Å². The van der Waals surface area contributed by atoms with Crippen LogP contribution in [0.4, 0.5) is 0 Å². The minimum atomic E-state index is 0.380. The van der Waals surface area contributed by atoms with Gasteiger partial charge < -0.3 is 0 Å². The molecule has 0 atom stereocenters. The minimum absolute atomic E-state index is 0.380. The molecule has 0 N–H and O–H groups in total. The first-order chi connectivity index (χ1) is 7.99. The van der Waals surface area contributed by atoms with Crippen LogP contribution in [-0.4, -0.2) is 4.98 Å². The molecule has 0 aliphatic rings. The van der Waals surface area contributed by atoms with Crippen LogP contribution in [0.5, 0.6) is 0 Å². The van der Waals surface area contributed by atoms with E-state index in [1.807, 2.05) is 0 Å². The summed E-state index contributed by atoms with van der Waals surface area (Å²) in [7, 11) is 0. The summed E-state index contributed by atoms with van der Waals surface area (Å²) in [5.41, 5.74) is 1.13. The summed E-state index contributed by atoms with van der Waals surface area (Å²) in [6, 6.07) is 4.76. The third kappa shape index (κ3) is 2.81. The Labute approximate surface area is 123 Å². The predicted molar refractivity (Wildman–Crippen MR) is 74.7 cm³/mol. The number of nitrogens with zero attached hydrogens (tertiary/aromatic N) is 1. The van der Waals surface area contributed by atoms with Crippen molar-refractivity contribution in [3.05, 3.63) is 49.5 Å². The molecule has 1 aromatic heterocycles. The van der Waals surface area contributed by atoms with Crippen molar-refractivity contribution < 1.29 is 0 Å². The first-order valence-electron chi connectivity index (χ1n) is 4.45. The molecule has 0 aliphatic heterocycles. The van der Waals surface area contributed by atoms with Gasteiger partial charge in [-0.3, -0.25) is 4.98 Å². The van der Waals surface area contributed by atoms with Crippen molar-refractivity contribution in [2.45, 2.75) is 0 Å². The molecule has 0 amide bonds. The Balaban J connectivity index is 2.64. The molecule has 1 aromatic carbocycles. The van der Waals surface area contributed by atoms with Crippen LogP contribution in [-0.2, 0) is 0 Å². The monoisotopic (exact) mass is 325 g/mol. The van der Waals surface area contributed by atoms with Crippen molar-refractivity contribution in [2.24, 2.45) is 0 Å². The van der Waals surface area contributed by atoms with Gasteiger partial charge in [-0.25, -0.2) is 0 Å². The minimum Gasteiger partial charge on any atom is -0.253 e. The summed E-state index contributed by atoms with van der Waals surface area (Å²) in [6.07, 6.45) is 1.49. The molecule has 6 heteroatoms. The van der Waals surface area contributed by atoms with Gasteiger partial charge in [0, 0.05) is 11.8 Å². The van der Waals surface area contributed by atoms with Crippen LogP contribution in [0.25, 0.3) is 11.3 Å². The summed E-state index contributed by atoms with van der Waals surface area (Å²) in [4.78, 5) is 4.13. The normalized spacial score (nSPS) is 10.6. The van der Waals surface area contributed by atoms with Crippen LogP contribution < -0.4 is 0 Å². The summed E-state index contributed by atoms with van der Waals surface area (Å²) >= 11 is 29.7. The molecule has 1 heterocycles. The second-order valence-electron chi connectivity index (χ2n) is 3.23. The molecular formula is C11H4Cl5N. The number of hydrogen-bond acceptors (Lipinski definition) is 1. The first kappa shape index (κ1) is 13.3. The van der Waals surface area contributed by atoms with Gasteiger partial charge in [0.2, 0.25) is 0 Å². The molecule has 0 saturated carbocycles. The second kappa shape index (κ2) is 5.21. The van der Waals surface area contributed by atoms with Crippen molar-refractivity contribution in [3.63, 3.8) is 0 Å². The molecule has 0 saturated heterocycles. The highest BCUT2D eigenvalue weighted by atomic mass is 35.5. The van der Waals surface area contributed by atoms with Crippen molar-refractivity contribution in [3.8, 4) is 11.3 Å². The van der Waals surface area contributed by atoms with Gasteiger partial charge in [-0.2, -0.15) is 0 Å². The quantitative estimate of drug-likeness (QED) is 0.584. The highest BCUT2D eigenvalue weighted by molar-refractivity contribution is 6.44. The van der Waals surface area contributed by atoms with E-state index in [1.54, 1.807) is 18.2 Å². The molecule has 2 rings (SSSR count). The number of halogens is 5. The van der Waals surface area contributed by atoms with Gasteiger partial charge >= 0.3 is 0 Å². The Kier molecular flexibility index (Phi) is 4.06. The zero-order chi connectivity index (χ0) is 12.6. The van der Waals surface area contributed by atoms with E-state index in [4.69, 9.17) is 58.0 Å². The van der Waals surface area contributed by atoms with Crippen LogP contribution >= 0.6 is 58.0 Å². The standard InChI is InChI=1S/C11H4Cl5N/c12-5-1-10(16)11(17-4-5)6-2-8(14)9(15)3-7(6)13/h1-4H. The molecule has 2 aromatic rings. The molecular weight excluding hydrogens is 323 g/mol. The highest BCUT2D eigenvalue weighted by Gasteiger charge is 2.12. The lowest BCUT2D eigenvalue weighted by Crippen LogP contribution is -1.87. The number of hydrogen-bond donors (Lipinski definition) is 0. The smallest absolute Gasteiger partial charge is 0.0904 e. The van der Waals surface area contributed by atoms with Gasteiger partial charge in [-0.15, -0.1) is 0 Å². The Hall–Kier alpha value is -0.180.